The maximum atomic E-state index is 13.1. The summed E-state index contributed by atoms with van der Waals surface area (Å²) in [6, 6.07) is 22.0. The number of aryl methyl sites for hydroxylation is 2. The van der Waals surface area contributed by atoms with E-state index in [0.717, 1.165) is 28.7 Å². The first-order valence-corrected chi connectivity index (χ1v) is 15.5. The Morgan fingerprint density at radius 3 is 2.00 bits per heavy atom. The predicted octanol–water partition coefficient (Wildman–Crippen LogP) is 8.48. The molecule has 4 unspecified atom stereocenters. The number of ether oxygens (including phenoxy) is 2. The van der Waals surface area contributed by atoms with Crippen molar-refractivity contribution >= 4 is 36.6 Å². The molecule has 38 heavy (non-hydrogen) atoms. The fourth-order valence-electron chi connectivity index (χ4n) is 9.77. The number of rotatable bonds is 5. The van der Waals surface area contributed by atoms with Gasteiger partial charge in [-0.25, -0.2) is 4.79 Å². The third kappa shape index (κ3) is 2.98. The van der Waals surface area contributed by atoms with Crippen molar-refractivity contribution < 1.29 is 14.3 Å². The second-order valence-corrected chi connectivity index (χ2v) is 14.8. The standard InChI is InChI=1S/C34H35O3S/c1-20-12-24(38-27-10-6-4-8-25(27)26-9-5-7-11-28(26)38)13-21(2)32(20)36-19-31(35)37-33(3)29-15-22-14-23-16-30(33)34(29,17-22)18-23/h4-13,22-23,29-30H,14-19H2,1-3H3/q+1. The summed E-state index contributed by atoms with van der Waals surface area (Å²) in [6.07, 6.45) is 6.68. The fraction of sp³-hybridized carbons (Fsp3) is 0.441. The number of esters is 1. The average Bonchev–Trinajstić information content (AvgIpc) is 3.46. The van der Waals surface area contributed by atoms with Gasteiger partial charge in [0.25, 0.3) is 0 Å². The molecule has 1 heterocycles. The van der Waals surface area contributed by atoms with Gasteiger partial charge in [0.2, 0.25) is 0 Å². The lowest BCUT2D eigenvalue weighted by Crippen LogP contribution is -2.65. The summed E-state index contributed by atoms with van der Waals surface area (Å²) in [6.45, 7) is 6.39. The number of thiophene rings is 1. The van der Waals surface area contributed by atoms with Gasteiger partial charge < -0.3 is 9.47 Å². The fourth-order valence-corrected chi connectivity index (χ4v) is 12.3. The topological polar surface area (TPSA) is 35.5 Å². The summed E-state index contributed by atoms with van der Waals surface area (Å²) in [5.74, 6) is 3.44. The van der Waals surface area contributed by atoms with Crippen LogP contribution in [0.3, 0.4) is 0 Å². The predicted molar refractivity (Wildman–Crippen MR) is 154 cm³/mol. The Balaban J connectivity index is 1.04. The van der Waals surface area contributed by atoms with Gasteiger partial charge in [-0.15, -0.1) is 0 Å². The summed E-state index contributed by atoms with van der Waals surface area (Å²) in [7, 11) is -0.142. The van der Waals surface area contributed by atoms with E-state index in [9.17, 15) is 4.79 Å². The van der Waals surface area contributed by atoms with Gasteiger partial charge >= 0.3 is 5.97 Å². The first-order chi connectivity index (χ1) is 18.4. The Kier molecular flexibility index (Phi) is 4.77. The van der Waals surface area contributed by atoms with Crippen molar-refractivity contribution in [1.82, 2.24) is 0 Å². The quantitative estimate of drug-likeness (QED) is 0.194. The largest absolute Gasteiger partial charge is 0.481 e. The Morgan fingerprint density at radius 2 is 1.42 bits per heavy atom. The molecule has 4 aromatic rings. The van der Waals surface area contributed by atoms with Crippen LogP contribution in [-0.4, -0.2) is 18.2 Å². The minimum absolute atomic E-state index is 0.0205. The molecule has 0 N–H and O–H groups in total. The van der Waals surface area contributed by atoms with Crippen LogP contribution >= 0.6 is 10.5 Å². The third-order valence-electron chi connectivity index (χ3n) is 10.8. The second-order valence-electron chi connectivity index (χ2n) is 12.8. The second kappa shape index (κ2) is 7.85. The molecular formula is C34H35O3S+. The van der Waals surface area contributed by atoms with Crippen molar-refractivity contribution in [2.24, 2.45) is 29.1 Å². The normalized spacial score (nSPS) is 32.5. The van der Waals surface area contributed by atoms with E-state index in [1.165, 1.54) is 57.2 Å². The number of benzene rings is 3. The summed E-state index contributed by atoms with van der Waals surface area (Å²) < 4.78 is 15.2. The Labute approximate surface area is 227 Å². The molecule has 4 fully saturated rings. The average molecular weight is 524 g/mol. The minimum Gasteiger partial charge on any atom is -0.481 e. The molecule has 4 saturated carbocycles. The molecule has 3 aromatic carbocycles. The molecular weight excluding hydrogens is 488 g/mol. The van der Waals surface area contributed by atoms with Crippen molar-refractivity contribution in [3.8, 4) is 10.6 Å². The summed E-state index contributed by atoms with van der Waals surface area (Å²) >= 11 is 0. The lowest BCUT2D eigenvalue weighted by molar-refractivity contribution is -0.239. The van der Waals surface area contributed by atoms with Gasteiger partial charge in [0, 0.05) is 45.2 Å². The zero-order valence-electron chi connectivity index (χ0n) is 22.5. The summed E-state index contributed by atoms with van der Waals surface area (Å²) in [5, 5.41) is 2.67. The molecule has 0 saturated heterocycles. The molecule has 1 aromatic heterocycles. The molecule has 0 radical (unpaired) electrons. The van der Waals surface area contributed by atoms with Crippen molar-refractivity contribution in [3.05, 3.63) is 71.8 Å². The van der Waals surface area contributed by atoms with Crippen LogP contribution in [0.1, 0.15) is 50.2 Å². The maximum absolute atomic E-state index is 13.1. The molecule has 4 atom stereocenters. The van der Waals surface area contributed by atoms with Gasteiger partial charge in [0.05, 0.1) is 0 Å². The van der Waals surface area contributed by atoms with Gasteiger partial charge in [-0.3, -0.25) is 0 Å². The first-order valence-electron chi connectivity index (χ1n) is 14.3. The molecule has 3 bridgehead atoms. The highest BCUT2D eigenvalue weighted by atomic mass is 32.2. The van der Waals surface area contributed by atoms with E-state index in [1.54, 1.807) is 0 Å². The van der Waals surface area contributed by atoms with Crippen LogP contribution in [0.4, 0.5) is 0 Å². The van der Waals surface area contributed by atoms with E-state index in [-0.39, 0.29) is 28.6 Å². The van der Waals surface area contributed by atoms with Crippen LogP contribution in [0.25, 0.3) is 25.1 Å². The molecule has 4 heteroatoms. The highest BCUT2D eigenvalue weighted by Crippen LogP contribution is 2.79. The summed E-state index contributed by atoms with van der Waals surface area (Å²) in [5.41, 5.74) is 2.35. The first kappa shape index (κ1) is 23.1. The van der Waals surface area contributed by atoms with Gasteiger partial charge in [-0.05, 0) is 106 Å². The van der Waals surface area contributed by atoms with Gasteiger partial charge in [-0.1, -0.05) is 24.3 Å². The highest BCUT2D eigenvalue weighted by Gasteiger charge is 2.77. The van der Waals surface area contributed by atoms with E-state index in [1.807, 2.05) is 0 Å². The number of carbonyl (C=O) groups is 1. The van der Waals surface area contributed by atoms with Crippen molar-refractivity contribution in [2.45, 2.75) is 58.5 Å². The molecule has 4 aliphatic rings. The van der Waals surface area contributed by atoms with Crippen LogP contribution in [-0.2, 0) is 9.53 Å². The van der Waals surface area contributed by atoms with Gasteiger partial charge in [0.1, 0.15) is 11.4 Å². The van der Waals surface area contributed by atoms with Crippen LogP contribution in [0, 0.1) is 42.9 Å². The molecule has 4 aliphatic carbocycles. The van der Waals surface area contributed by atoms with Crippen LogP contribution in [0.2, 0.25) is 0 Å². The van der Waals surface area contributed by atoms with E-state index in [0.29, 0.717) is 17.3 Å². The third-order valence-corrected chi connectivity index (χ3v) is 13.1. The smallest absolute Gasteiger partial charge is 0.344 e. The molecule has 0 aliphatic heterocycles. The lowest BCUT2D eigenvalue weighted by Gasteiger charge is -2.61. The van der Waals surface area contributed by atoms with Crippen molar-refractivity contribution in [2.75, 3.05) is 6.61 Å². The van der Waals surface area contributed by atoms with E-state index in [2.05, 4.69) is 81.4 Å². The van der Waals surface area contributed by atoms with Crippen molar-refractivity contribution in [3.63, 3.8) is 0 Å². The Hall–Kier alpha value is -2.85. The maximum Gasteiger partial charge on any atom is 0.344 e. The molecule has 3 nitrogen and oxygen atoms in total. The number of carbonyl (C=O) groups excluding carboxylic acids is 1. The number of hydrogen-bond donors (Lipinski definition) is 0. The number of fused-ring (bicyclic) bond motifs is 5. The molecule has 194 valence electrons. The molecule has 8 rings (SSSR count). The highest BCUT2D eigenvalue weighted by molar-refractivity contribution is 7.50. The zero-order valence-corrected chi connectivity index (χ0v) is 23.3. The minimum atomic E-state index is -0.289. The van der Waals surface area contributed by atoms with Crippen LogP contribution < -0.4 is 4.74 Å². The Morgan fingerprint density at radius 1 is 0.868 bits per heavy atom. The van der Waals surface area contributed by atoms with Gasteiger partial charge in [0.15, 0.2) is 20.9 Å². The van der Waals surface area contributed by atoms with E-state index >= 15 is 0 Å². The SMILES string of the molecule is Cc1cc(-[s+]2c3ccccc3c3ccccc32)cc(C)c1OCC(=O)OC1(C)C2CC3CC4CC1C2(C3)C4. The number of hydrogen-bond acceptors (Lipinski definition) is 3. The lowest BCUT2D eigenvalue weighted by atomic mass is 9.47. The van der Waals surface area contributed by atoms with Gasteiger partial charge in [-0.2, -0.15) is 0 Å². The zero-order chi connectivity index (χ0) is 25.8. The monoisotopic (exact) mass is 523 g/mol. The van der Waals surface area contributed by atoms with Crippen molar-refractivity contribution in [1.29, 1.82) is 0 Å². The van der Waals surface area contributed by atoms with E-state index < -0.39 is 0 Å². The molecule has 0 amide bonds. The summed E-state index contributed by atoms with van der Waals surface area (Å²) in [4.78, 5) is 14.4. The van der Waals surface area contributed by atoms with Crippen LogP contribution in [0.5, 0.6) is 5.75 Å². The van der Waals surface area contributed by atoms with Crippen LogP contribution in [0.15, 0.2) is 60.7 Å². The Bertz CT molecular complexity index is 1530. The molecule has 1 spiro atoms. The van der Waals surface area contributed by atoms with E-state index in [4.69, 9.17) is 9.47 Å².